The standard InChI is InChI=1S/C18H27FN4O2/c1-13-11-23(18(20-2)21-10-9-17(24)22(3)4)12-16(25-13)14-5-7-15(19)8-6-14/h5-8,13,16H,9-12H2,1-4H3,(H,20,21). The highest BCUT2D eigenvalue weighted by atomic mass is 19.1. The quantitative estimate of drug-likeness (QED) is 0.663. The molecule has 1 aliphatic heterocycles. The van der Waals surface area contributed by atoms with Crippen LogP contribution in [0.3, 0.4) is 0 Å². The Labute approximate surface area is 148 Å². The fourth-order valence-electron chi connectivity index (χ4n) is 2.82. The lowest BCUT2D eigenvalue weighted by Crippen LogP contribution is -2.51. The second-order valence-electron chi connectivity index (χ2n) is 6.40. The number of nitrogens with one attached hydrogen (secondary N) is 1. The highest BCUT2D eigenvalue weighted by Gasteiger charge is 2.28. The van der Waals surface area contributed by atoms with Crippen molar-refractivity contribution in [2.75, 3.05) is 40.8 Å². The van der Waals surface area contributed by atoms with Crippen LogP contribution in [0.2, 0.25) is 0 Å². The summed E-state index contributed by atoms with van der Waals surface area (Å²) >= 11 is 0. The molecule has 2 atom stereocenters. The zero-order valence-corrected chi connectivity index (χ0v) is 15.3. The van der Waals surface area contributed by atoms with E-state index in [2.05, 4.69) is 15.2 Å². The molecule has 1 aliphatic rings. The van der Waals surface area contributed by atoms with Gasteiger partial charge in [0.2, 0.25) is 5.91 Å². The first-order valence-corrected chi connectivity index (χ1v) is 8.47. The molecular weight excluding hydrogens is 323 g/mol. The molecule has 1 aromatic rings. The third-order valence-electron chi connectivity index (χ3n) is 4.13. The van der Waals surface area contributed by atoms with Crippen LogP contribution in [0, 0.1) is 5.82 Å². The average molecular weight is 350 g/mol. The second-order valence-corrected chi connectivity index (χ2v) is 6.40. The molecule has 0 bridgehead atoms. The van der Waals surface area contributed by atoms with E-state index in [1.54, 1.807) is 38.2 Å². The highest BCUT2D eigenvalue weighted by molar-refractivity contribution is 5.81. The number of guanidine groups is 1. The zero-order valence-electron chi connectivity index (χ0n) is 15.3. The predicted octanol–water partition coefficient (Wildman–Crippen LogP) is 1.64. The third kappa shape index (κ3) is 5.42. The molecule has 1 aromatic carbocycles. The minimum atomic E-state index is -0.257. The van der Waals surface area contributed by atoms with Crippen molar-refractivity contribution in [1.29, 1.82) is 0 Å². The first kappa shape index (κ1) is 19.2. The summed E-state index contributed by atoms with van der Waals surface area (Å²) in [6.07, 6.45) is 0.282. The van der Waals surface area contributed by atoms with Gasteiger partial charge in [0.25, 0.3) is 0 Å². The molecule has 1 fully saturated rings. The molecule has 2 rings (SSSR count). The molecular formula is C18H27FN4O2. The van der Waals surface area contributed by atoms with Gasteiger partial charge in [0.05, 0.1) is 12.6 Å². The van der Waals surface area contributed by atoms with E-state index in [1.807, 2.05) is 6.92 Å². The van der Waals surface area contributed by atoms with E-state index in [-0.39, 0.29) is 23.9 Å². The number of carbonyl (C=O) groups excluding carboxylic acids is 1. The molecule has 1 amide bonds. The number of morpholine rings is 1. The van der Waals surface area contributed by atoms with Gasteiger partial charge >= 0.3 is 0 Å². The first-order valence-electron chi connectivity index (χ1n) is 8.47. The third-order valence-corrected chi connectivity index (χ3v) is 4.13. The molecule has 0 spiro atoms. The maximum atomic E-state index is 13.1. The van der Waals surface area contributed by atoms with Crippen LogP contribution in [0.25, 0.3) is 0 Å². The fourth-order valence-corrected chi connectivity index (χ4v) is 2.82. The Morgan fingerprint density at radius 2 is 2.04 bits per heavy atom. The summed E-state index contributed by atoms with van der Waals surface area (Å²) in [5.41, 5.74) is 0.941. The van der Waals surface area contributed by atoms with Gasteiger partial charge in [-0.25, -0.2) is 4.39 Å². The topological polar surface area (TPSA) is 57.2 Å². The van der Waals surface area contributed by atoms with Crippen molar-refractivity contribution in [3.05, 3.63) is 35.6 Å². The largest absolute Gasteiger partial charge is 0.367 e. The smallest absolute Gasteiger partial charge is 0.223 e. The summed E-state index contributed by atoms with van der Waals surface area (Å²) < 4.78 is 19.1. The van der Waals surface area contributed by atoms with Gasteiger partial charge in [0.1, 0.15) is 11.9 Å². The molecule has 25 heavy (non-hydrogen) atoms. The monoisotopic (exact) mass is 350 g/mol. The molecule has 0 aliphatic carbocycles. The number of aliphatic imine (C=N–C) groups is 1. The summed E-state index contributed by atoms with van der Waals surface area (Å²) in [6, 6.07) is 6.40. The van der Waals surface area contributed by atoms with Gasteiger partial charge in [0, 0.05) is 40.7 Å². The van der Waals surface area contributed by atoms with Crippen molar-refractivity contribution in [2.24, 2.45) is 4.99 Å². The average Bonchev–Trinajstić information content (AvgIpc) is 2.58. The summed E-state index contributed by atoms with van der Waals surface area (Å²) in [5.74, 6) is 0.559. The molecule has 0 radical (unpaired) electrons. The normalized spacial score (nSPS) is 21.2. The number of carbonyl (C=O) groups is 1. The van der Waals surface area contributed by atoms with Gasteiger partial charge in [0.15, 0.2) is 5.96 Å². The van der Waals surface area contributed by atoms with E-state index >= 15 is 0 Å². The number of nitrogens with zero attached hydrogens (tertiary/aromatic N) is 3. The van der Waals surface area contributed by atoms with Crippen LogP contribution in [0.1, 0.15) is 25.0 Å². The van der Waals surface area contributed by atoms with Gasteiger partial charge in [-0.1, -0.05) is 12.1 Å². The van der Waals surface area contributed by atoms with Crippen LogP contribution in [0.15, 0.2) is 29.3 Å². The Morgan fingerprint density at radius 3 is 2.64 bits per heavy atom. The van der Waals surface area contributed by atoms with E-state index in [9.17, 15) is 9.18 Å². The molecule has 0 aromatic heterocycles. The van der Waals surface area contributed by atoms with Crippen LogP contribution < -0.4 is 5.32 Å². The van der Waals surface area contributed by atoms with Crippen LogP contribution in [0.4, 0.5) is 4.39 Å². The highest BCUT2D eigenvalue weighted by Crippen LogP contribution is 2.25. The SMILES string of the molecule is CN=C(NCCC(=O)N(C)C)N1CC(C)OC(c2ccc(F)cc2)C1. The molecule has 2 unspecified atom stereocenters. The maximum Gasteiger partial charge on any atom is 0.223 e. The van der Waals surface area contributed by atoms with Crippen molar-refractivity contribution in [1.82, 2.24) is 15.1 Å². The molecule has 6 nitrogen and oxygen atoms in total. The number of amides is 1. The number of halogens is 1. The van der Waals surface area contributed by atoms with Gasteiger partial charge in [-0.05, 0) is 24.6 Å². The lowest BCUT2D eigenvalue weighted by molar-refractivity contribution is -0.128. The van der Waals surface area contributed by atoms with Gasteiger partial charge < -0.3 is 19.9 Å². The zero-order chi connectivity index (χ0) is 18.4. The Hall–Kier alpha value is -2.15. The van der Waals surface area contributed by atoms with Crippen molar-refractivity contribution in [3.8, 4) is 0 Å². The van der Waals surface area contributed by atoms with Gasteiger partial charge in [-0.2, -0.15) is 0 Å². The van der Waals surface area contributed by atoms with Crippen LogP contribution in [0.5, 0.6) is 0 Å². The number of ether oxygens (including phenoxy) is 1. The minimum Gasteiger partial charge on any atom is -0.367 e. The number of hydrogen-bond donors (Lipinski definition) is 1. The number of benzene rings is 1. The van der Waals surface area contributed by atoms with E-state index in [1.165, 1.54) is 12.1 Å². The van der Waals surface area contributed by atoms with E-state index in [0.717, 1.165) is 11.5 Å². The lowest BCUT2D eigenvalue weighted by atomic mass is 10.1. The number of hydrogen-bond acceptors (Lipinski definition) is 3. The maximum absolute atomic E-state index is 13.1. The van der Waals surface area contributed by atoms with Crippen LogP contribution >= 0.6 is 0 Å². The summed E-state index contributed by atoms with van der Waals surface area (Å²) in [7, 11) is 5.21. The van der Waals surface area contributed by atoms with Crippen LogP contribution in [-0.4, -0.2) is 68.5 Å². The van der Waals surface area contributed by atoms with Crippen molar-refractivity contribution in [3.63, 3.8) is 0 Å². The van der Waals surface area contributed by atoms with Gasteiger partial charge in [-0.15, -0.1) is 0 Å². The van der Waals surface area contributed by atoms with Crippen molar-refractivity contribution in [2.45, 2.75) is 25.6 Å². The summed E-state index contributed by atoms with van der Waals surface area (Å²) in [5, 5.41) is 3.24. The van der Waals surface area contributed by atoms with Crippen LogP contribution in [-0.2, 0) is 9.53 Å². The van der Waals surface area contributed by atoms with Gasteiger partial charge in [-0.3, -0.25) is 9.79 Å². The number of rotatable bonds is 4. The Balaban J connectivity index is 1.98. The van der Waals surface area contributed by atoms with E-state index in [0.29, 0.717) is 26.1 Å². The first-order chi connectivity index (χ1) is 11.9. The molecule has 138 valence electrons. The molecule has 1 N–H and O–H groups in total. The Morgan fingerprint density at radius 1 is 1.36 bits per heavy atom. The van der Waals surface area contributed by atoms with Crippen molar-refractivity contribution < 1.29 is 13.9 Å². The Bertz CT molecular complexity index is 604. The lowest BCUT2D eigenvalue weighted by Gasteiger charge is -2.38. The Kier molecular flexibility index (Phi) is 6.75. The minimum absolute atomic E-state index is 0.0192. The summed E-state index contributed by atoms with van der Waals surface area (Å²) in [4.78, 5) is 19.7. The predicted molar refractivity (Wildman–Crippen MR) is 95.9 cm³/mol. The fraction of sp³-hybridized carbons (Fsp3) is 0.556. The molecule has 1 heterocycles. The van der Waals surface area contributed by atoms with E-state index < -0.39 is 0 Å². The molecule has 7 heteroatoms. The van der Waals surface area contributed by atoms with Crippen molar-refractivity contribution >= 4 is 11.9 Å². The second kappa shape index (κ2) is 8.80. The van der Waals surface area contributed by atoms with E-state index in [4.69, 9.17) is 4.74 Å². The summed E-state index contributed by atoms with van der Waals surface area (Å²) in [6.45, 7) is 3.86. The molecule has 0 saturated carbocycles. The molecule has 1 saturated heterocycles.